The minimum atomic E-state index is -4.47. The van der Waals surface area contributed by atoms with E-state index in [-0.39, 0.29) is 16.1 Å². The van der Waals surface area contributed by atoms with E-state index in [0.29, 0.717) is 0 Å². The highest BCUT2D eigenvalue weighted by Crippen LogP contribution is 2.22. The number of halogens is 3. The third-order valence-electron chi connectivity index (χ3n) is 2.36. The number of rotatable bonds is 5. The van der Waals surface area contributed by atoms with Crippen molar-refractivity contribution in [1.29, 1.82) is 0 Å². The third kappa shape index (κ3) is 4.46. The van der Waals surface area contributed by atoms with Crippen LogP contribution in [-0.4, -0.2) is 26.1 Å². The molecule has 0 aliphatic rings. The van der Waals surface area contributed by atoms with Gasteiger partial charge in [0, 0.05) is 18.7 Å². The van der Waals surface area contributed by atoms with E-state index in [2.05, 4.69) is 0 Å². The first-order valence-corrected chi connectivity index (χ1v) is 6.83. The van der Waals surface area contributed by atoms with E-state index in [1.807, 2.05) is 0 Å². The van der Waals surface area contributed by atoms with Gasteiger partial charge in [-0.15, -0.1) is 0 Å². The first-order chi connectivity index (χ1) is 9.03. The lowest BCUT2D eigenvalue weighted by atomic mass is 10.2. The fourth-order valence-electron chi connectivity index (χ4n) is 1.45. The summed E-state index contributed by atoms with van der Waals surface area (Å²) in [5.74, 6) is 0. The summed E-state index contributed by atoms with van der Waals surface area (Å²) >= 11 is 0. The van der Waals surface area contributed by atoms with Crippen molar-refractivity contribution in [1.82, 2.24) is 4.72 Å². The molecule has 1 aromatic carbocycles. The summed E-state index contributed by atoms with van der Waals surface area (Å²) in [4.78, 5) is 9.53. The SMILES string of the molecule is Cc1cc([N+](=O)[O-])ccc1S(=O)(=O)NCCC(F)(F)F. The number of nitrogens with one attached hydrogen (secondary N) is 1. The van der Waals surface area contributed by atoms with Crippen molar-refractivity contribution < 1.29 is 26.5 Å². The van der Waals surface area contributed by atoms with Crippen LogP contribution in [0.15, 0.2) is 23.1 Å². The molecule has 0 atom stereocenters. The van der Waals surface area contributed by atoms with Crippen LogP contribution >= 0.6 is 0 Å². The first kappa shape index (κ1) is 16.4. The highest BCUT2D eigenvalue weighted by atomic mass is 32.2. The van der Waals surface area contributed by atoms with Crippen LogP contribution in [0.4, 0.5) is 18.9 Å². The summed E-state index contributed by atoms with van der Waals surface area (Å²) in [7, 11) is -4.13. The summed E-state index contributed by atoms with van der Waals surface area (Å²) < 4.78 is 61.2. The Labute approximate surface area is 112 Å². The highest BCUT2D eigenvalue weighted by molar-refractivity contribution is 7.89. The zero-order valence-electron chi connectivity index (χ0n) is 10.3. The number of hydrogen-bond acceptors (Lipinski definition) is 4. The fraction of sp³-hybridized carbons (Fsp3) is 0.400. The number of benzene rings is 1. The van der Waals surface area contributed by atoms with Gasteiger partial charge >= 0.3 is 6.18 Å². The molecule has 0 saturated heterocycles. The Bertz CT molecular complexity index is 613. The Balaban J connectivity index is 2.91. The second-order valence-electron chi connectivity index (χ2n) is 3.97. The zero-order chi connectivity index (χ0) is 15.6. The van der Waals surface area contributed by atoms with Crippen LogP contribution in [0.5, 0.6) is 0 Å². The lowest BCUT2D eigenvalue weighted by molar-refractivity contribution is -0.385. The Morgan fingerprint density at radius 1 is 1.35 bits per heavy atom. The molecule has 0 amide bonds. The molecule has 0 aliphatic heterocycles. The summed E-state index contributed by atoms with van der Waals surface area (Å²) in [6, 6.07) is 3.01. The number of nitro groups is 1. The van der Waals surface area contributed by atoms with Gasteiger partial charge in [-0.1, -0.05) is 0 Å². The van der Waals surface area contributed by atoms with Gasteiger partial charge in [-0.25, -0.2) is 13.1 Å². The van der Waals surface area contributed by atoms with Crippen molar-refractivity contribution in [3.8, 4) is 0 Å². The maximum Gasteiger partial charge on any atom is 0.390 e. The normalized spacial score (nSPS) is 12.4. The maximum absolute atomic E-state index is 11.9. The Kier molecular flexibility index (Phi) is 4.71. The van der Waals surface area contributed by atoms with Crippen LogP contribution < -0.4 is 4.72 Å². The van der Waals surface area contributed by atoms with Crippen LogP contribution in [-0.2, 0) is 10.0 Å². The van der Waals surface area contributed by atoms with Crippen LogP contribution in [0.1, 0.15) is 12.0 Å². The second-order valence-corrected chi connectivity index (χ2v) is 5.71. The van der Waals surface area contributed by atoms with Gasteiger partial charge in [0.25, 0.3) is 5.69 Å². The Hall–Kier alpha value is -1.68. The van der Waals surface area contributed by atoms with Crippen molar-refractivity contribution in [2.24, 2.45) is 0 Å². The van der Waals surface area contributed by atoms with Gasteiger partial charge in [-0.05, 0) is 18.6 Å². The van der Waals surface area contributed by atoms with Crippen molar-refractivity contribution in [3.63, 3.8) is 0 Å². The molecule has 6 nitrogen and oxygen atoms in total. The lowest BCUT2D eigenvalue weighted by Crippen LogP contribution is -2.28. The van der Waals surface area contributed by atoms with Crippen molar-refractivity contribution in [2.45, 2.75) is 24.4 Å². The van der Waals surface area contributed by atoms with E-state index in [4.69, 9.17) is 0 Å². The van der Waals surface area contributed by atoms with Gasteiger partial charge in [0.05, 0.1) is 16.2 Å². The quantitative estimate of drug-likeness (QED) is 0.666. The van der Waals surface area contributed by atoms with E-state index < -0.39 is 34.1 Å². The maximum atomic E-state index is 11.9. The number of hydrogen-bond donors (Lipinski definition) is 1. The van der Waals surface area contributed by atoms with Crippen molar-refractivity contribution in [2.75, 3.05) is 6.54 Å². The average Bonchev–Trinajstić information content (AvgIpc) is 2.26. The Morgan fingerprint density at radius 3 is 2.40 bits per heavy atom. The van der Waals surface area contributed by atoms with Gasteiger partial charge in [-0.3, -0.25) is 10.1 Å². The van der Waals surface area contributed by atoms with Crippen molar-refractivity contribution >= 4 is 15.7 Å². The van der Waals surface area contributed by atoms with E-state index >= 15 is 0 Å². The smallest absolute Gasteiger partial charge is 0.258 e. The minimum absolute atomic E-state index is 0.0821. The molecule has 0 fully saturated rings. The lowest BCUT2D eigenvalue weighted by Gasteiger charge is -2.10. The standard InChI is InChI=1S/C10H11F3N2O4S/c1-7-6-8(15(16)17)2-3-9(7)20(18,19)14-5-4-10(11,12)13/h2-3,6,14H,4-5H2,1H3. The fourth-order valence-corrected chi connectivity index (χ4v) is 2.71. The average molecular weight is 312 g/mol. The summed E-state index contributed by atoms with van der Waals surface area (Å²) in [6.45, 7) is 0.535. The van der Waals surface area contributed by atoms with E-state index in [0.717, 1.165) is 18.2 Å². The molecule has 1 aromatic rings. The Morgan fingerprint density at radius 2 is 1.95 bits per heavy atom. The van der Waals surface area contributed by atoms with Gasteiger partial charge in [0.2, 0.25) is 10.0 Å². The predicted octanol–water partition coefficient (Wildman–Crippen LogP) is 2.13. The van der Waals surface area contributed by atoms with Gasteiger partial charge in [0.15, 0.2) is 0 Å². The van der Waals surface area contributed by atoms with Gasteiger partial charge in [0.1, 0.15) is 0 Å². The molecular weight excluding hydrogens is 301 g/mol. The molecule has 0 saturated carbocycles. The van der Waals surface area contributed by atoms with Gasteiger partial charge < -0.3 is 0 Å². The molecule has 1 rings (SSSR count). The molecule has 0 radical (unpaired) electrons. The molecule has 0 heterocycles. The molecule has 20 heavy (non-hydrogen) atoms. The number of non-ortho nitro benzene ring substituents is 1. The van der Waals surface area contributed by atoms with Gasteiger partial charge in [-0.2, -0.15) is 13.2 Å². The molecule has 0 spiro atoms. The summed E-state index contributed by atoms with van der Waals surface area (Å²) in [5, 5.41) is 10.5. The monoisotopic (exact) mass is 312 g/mol. The molecular formula is C10H11F3N2O4S. The molecule has 10 heteroatoms. The van der Waals surface area contributed by atoms with Crippen molar-refractivity contribution in [3.05, 3.63) is 33.9 Å². The predicted molar refractivity (Wildman–Crippen MR) is 63.7 cm³/mol. The topological polar surface area (TPSA) is 89.3 Å². The number of nitro benzene ring substituents is 1. The number of aryl methyl sites for hydroxylation is 1. The molecule has 112 valence electrons. The van der Waals surface area contributed by atoms with Crippen LogP contribution in [0.3, 0.4) is 0 Å². The molecule has 0 unspecified atom stereocenters. The first-order valence-electron chi connectivity index (χ1n) is 5.34. The summed E-state index contributed by atoms with van der Waals surface area (Å²) in [6.07, 6.45) is -5.76. The summed E-state index contributed by atoms with van der Waals surface area (Å²) in [5.41, 5.74) is -0.213. The zero-order valence-corrected chi connectivity index (χ0v) is 11.1. The van der Waals surface area contributed by atoms with Crippen LogP contribution in [0.2, 0.25) is 0 Å². The van der Waals surface area contributed by atoms with E-state index in [1.165, 1.54) is 6.92 Å². The van der Waals surface area contributed by atoms with E-state index in [1.54, 1.807) is 4.72 Å². The number of nitrogens with zero attached hydrogens (tertiary/aromatic N) is 1. The van der Waals surface area contributed by atoms with Crippen LogP contribution in [0, 0.1) is 17.0 Å². The largest absolute Gasteiger partial charge is 0.390 e. The highest BCUT2D eigenvalue weighted by Gasteiger charge is 2.28. The molecule has 0 aromatic heterocycles. The minimum Gasteiger partial charge on any atom is -0.258 e. The molecule has 0 aliphatic carbocycles. The number of alkyl halides is 3. The number of sulfonamides is 1. The molecule has 1 N–H and O–H groups in total. The van der Waals surface area contributed by atoms with Crippen LogP contribution in [0.25, 0.3) is 0 Å². The third-order valence-corrected chi connectivity index (χ3v) is 3.98. The second kappa shape index (κ2) is 5.75. The van der Waals surface area contributed by atoms with E-state index in [9.17, 15) is 31.7 Å². The molecule has 0 bridgehead atoms.